The van der Waals surface area contributed by atoms with Crippen LogP contribution in [0.3, 0.4) is 0 Å². The molecule has 5 rings (SSSR count). The topological polar surface area (TPSA) is 129 Å². The molecule has 0 unspecified atom stereocenters. The lowest BCUT2D eigenvalue weighted by Gasteiger charge is -2.32. The minimum absolute atomic E-state index is 0.0392. The molecule has 1 aromatic heterocycles. The van der Waals surface area contributed by atoms with Gasteiger partial charge in [-0.15, -0.1) is 0 Å². The Kier molecular flexibility index (Phi) is 6.26. The summed E-state index contributed by atoms with van der Waals surface area (Å²) in [5.74, 6) is -0.279. The van der Waals surface area contributed by atoms with Crippen molar-refractivity contribution < 1.29 is 18.0 Å². The fourth-order valence-corrected chi connectivity index (χ4v) is 5.49. The first-order valence-electron chi connectivity index (χ1n) is 12.0. The number of aromatic nitrogens is 1. The second-order valence-electron chi connectivity index (χ2n) is 9.60. The number of aryl methyl sites for hydroxylation is 1. The average Bonchev–Trinajstić information content (AvgIpc) is 3.32. The number of rotatable bonds is 4. The monoisotopic (exact) mass is 519 g/mol. The van der Waals surface area contributed by atoms with Gasteiger partial charge in [0.15, 0.2) is 0 Å². The number of piperazine rings is 1. The Balaban J connectivity index is 1.45. The Bertz CT molecular complexity index is 1550. The van der Waals surface area contributed by atoms with Gasteiger partial charge in [0.25, 0.3) is 11.8 Å². The van der Waals surface area contributed by atoms with Crippen molar-refractivity contribution in [2.75, 3.05) is 38.5 Å². The number of anilines is 1. The molecule has 4 N–H and O–H groups in total. The molecule has 0 saturated carbocycles. The third-order valence-corrected chi connectivity index (χ3v) is 7.99. The zero-order valence-corrected chi connectivity index (χ0v) is 21.8. The lowest BCUT2D eigenvalue weighted by molar-refractivity contribution is -0.110. The highest BCUT2D eigenvalue weighted by molar-refractivity contribution is 7.89. The van der Waals surface area contributed by atoms with Gasteiger partial charge in [0.2, 0.25) is 10.0 Å². The molecular weight excluding hydrogens is 490 g/mol. The number of amides is 2. The smallest absolute Gasteiger partial charge is 0.256 e. The lowest BCUT2D eigenvalue weighted by Crippen LogP contribution is -2.47. The summed E-state index contributed by atoms with van der Waals surface area (Å²) < 4.78 is 23.7. The van der Waals surface area contributed by atoms with E-state index in [0.717, 1.165) is 54.3 Å². The van der Waals surface area contributed by atoms with Gasteiger partial charge in [0.1, 0.15) is 0 Å². The molecule has 2 aliphatic heterocycles. The Labute approximate surface area is 216 Å². The number of aromatic amines is 1. The number of carbonyl (C=O) groups excluding carboxylic acids is 2. The van der Waals surface area contributed by atoms with Gasteiger partial charge < -0.3 is 20.1 Å². The highest BCUT2D eigenvalue weighted by Gasteiger charge is 2.27. The van der Waals surface area contributed by atoms with Crippen LogP contribution in [0.15, 0.2) is 47.4 Å². The maximum absolute atomic E-state index is 12.9. The van der Waals surface area contributed by atoms with Crippen molar-refractivity contribution in [3.63, 3.8) is 0 Å². The van der Waals surface area contributed by atoms with E-state index in [-0.39, 0.29) is 16.7 Å². The van der Waals surface area contributed by atoms with Crippen molar-refractivity contribution in [2.45, 2.75) is 18.7 Å². The van der Waals surface area contributed by atoms with Crippen molar-refractivity contribution in [3.8, 4) is 11.1 Å². The third kappa shape index (κ3) is 4.71. The predicted octanol–water partition coefficient (Wildman–Crippen LogP) is 2.83. The van der Waals surface area contributed by atoms with E-state index in [4.69, 9.17) is 5.14 Å². The highest BCUT2D eigenvalue weighted by Crippen LogP contribution is 2.37. The summed E-state index contributed by atoms with van der Waals surface area (Å²) in [5.41, 5.74) is 6.56. The van der Waals surface area contributed by atoms with Crippen molar-refractivity contribution in [2.24, 2.45) is 5.14 Å². The fourth-order valence-electron chi connectivity index (χ4n) is 4.95. The molecular formula is C27H29N5O4S. The van der Waals surface area contributed by atoms with E-state index in [1.54, 1.807) is 6.08 Å². The number of primary sulfonamides is 1. The van der Waals surface area contributed by atoms with Crippen LogP contribution in [-0.4, -0.2) is 68.2 Å². The number of likely N-dealkylation sites (N-methyl/N-ethyl adjacent to an activating group) is 1. The first kappa shape index (κ1) is 24.9. The molecule has 0 radical (unpaired) electrons. The zero-order chi connectivity index (χ0) is 26.5. The molecule has 2 aromatic carbocycles. The Morgan fingerprint density at radius 3 is 2.35 bits per heavy atom. The summed E-state index contributed by atoms with van der Waals surface area (Å²) in [4.78, 5) is 33.0. The molecule has 0 spiro atoms. The maximum atomic E-state index is 12.9. The van der Waals surface area contributed by atoms with E-state index in [2.05, 4.69) is 22.2 Å². The Morgan fingerprint density at radius 1 is 1.03 bits per heavy atom. The number of H-pyrrole nitrogens is 1. The molecule has 1 fully saturated rings. The van der Waals surface area contributed by atoms with E-state index < -0.39 is 10.0 Å². The summed E-state index contributed by atoms with van der Waals surface area (Å²) in [6.07, 6.45) is 1.73. The van der Waals surface area contributed by atoms with Crippen LogP contribution in [-0.2, 0) is 14.8 Å². The van der Waals surface area contributed by atoms with Crippen LogP contribution in [0.5, 0.6) is 0 Å². The first-order valence-corrected chi connectivity index (χ1v) is 13.6. The minimum Gasteiger partial charge on any atom is -0.358 e. The molecule has 3 aromatic rings. The molecule has 9 nitrogen and oxygen atoms in total. The Morgan fingerprint density at radius 2 is 1.70 bits per heavy atom. The van der Waals surface area contributed by atoms with Crippen LogP contribution >= 0.6 is 0 Å². The third-order valence-electron chi connectivity index (χ3n) is 7.08. The van der Waals surface area contributed by atoms with Gasteiger partial charge in [-0.25, -0.2) is 13.6 Å². The number of nitrogens with two attached hydrogens (primary N) is 1. The van der Waals surface area contributed by atoms with Gasteiger partial charge in [-0.1, -0.05) is 12.1 Å². The van der Waals surface area contributed by atoms with Gasteiger partial charge in [0, 0.05) is 59.9 Å². The van der Waals surface area contributed by atoms with Crippen molar-refractivity contribution in [1.82, 2.24) is 14.8 Å². The van der Waals surface area contributed by atoms with E-state index in [0.29, 0.717) is 22.4 Å². The van der Waals surface area contributed by atoms with Crippen molar-refractivity contribution >= 4 is 39.2 Å². The molecule has 3 heterocycles. The molecule has 0 aliphatic carbocycles. The first-order chi connectivity index (χ1) is 17.5. The highest BCUT2D eigenvalue weighted by atomic mass is 32.2. The number of fused-ring (bicyclic) bond motifs is 1. The Hall–Kier alpha value is -3.73. The number of sulfonamides is 1. The summed E-state index contributed by atoms with van der Waals surface area (Å²) >= 11 is 0. The van der Waals surface area contributed by atoms with Gasteiger partial charge in [-0.3, -0.25) is 9.59 Å². The number of benzene rings is 2. The van der Waals surface area contributed by atoms with Gasteiger partial charge >= 0.3 is 0 Å². The van der Waals surface area contributed by atoms with Crippen LogP contribution in [0.25, 0.3) is 22.8 Å². The average molecular weight is 520 g/mol. The number of nitrogens with one attached hydrogen (secondary N) is 2. The number of carbonyl (C=O) groups is 2. The van der Waals surface area contributed by atoms with E-state index in [1.807, 2.05) is 43.0 Å². The molecule has 10 heteroatoms. The molecule has 2 aliphatic rings. The standard InChI is InChI=1S/C27H29N5O4S/c1-16-24(15-22-21-14-20(37(28,35)36)8-9-23(21)30-26(22)33)29-17(2)25(16)18-4-6-19(7-5-18)27(34)32-12-10-31(3)11-13-32/h4-9,14-15,29H,10-13H2,1-3H3,(H,30,33)(H2,28,35,36)/b22-15-. The lowest BCUT2D eigenvalue weighted by atomic mass is 9.98. The summed E-state index contributed by atoms with van der Waals surface area (Å²) in [7, 11) is -1.85. The molecule has 37 heavy (non-hydrogen) atoms. The van der Waals surface area contributed by atoms with Gasteiger partial charge in [-0.05, 0) is 68.4 Å². The van der Waals surface area contributed by atoms with Crippen LogP contribution in [0.2, 0.25) is 0 Å². The number of hydrogen-bond donors (Lipinski definition) is 3. The SMILES string of the molecule is Cc1[nH]c(/C=C2\C(=O)Nc3ccc(S(N)(=O)=O)cc32)c(C)c1-c1ccc(C(=O)N2CCN(C)CC2)cc1. The van der Waals surface area contributed by atoms with Crippen LogP contribution in [0.4, 0.5) is 5.69 Å². The normalized spacial score (nSPS) is 17.2. The number of hydrogen-bond acceptors (Lipinski definition) is 5. The molecule has 2 amide bonds. The minimum atomic E-state index is -3.91. The molecule has 1 saturated heterocycles. The second-order valence-corrected chi connectivity index (χ2v) is 11.2. The fraction of sp³-hybridized carbons (Fsp3) is 0.259. The molecule has 0 atom stereocenters. The summed E-state index contributed by atoms with van der Waals surface area (Å²) in [6.45, 7) is 7.10. The second kappa shape index (κ2) is 9.29. The molecule has 0 bridgehead atoms. The molecule has 192 valence electrons. The predicted molar refractivity (Wildman–Crippen MR) is 143 cm³/mol. The maximum Gasteiger partial charge on any atom is 0.256 e. The van der Waals surface area contributed by atoms with Crippen molar-refractivity contribution in [3.05, 3.63) is 70.5 Å². The van der Waals surface area contributed by atoms with E-state index >= 15 is 0 Å². The quantitative estimate of drug-likeness (QED) is 0.457. The van der Waals surface area contributed by atoms with Crippen molar-refractivity contribution in [1.29, 1.82) is 0 Å². The zero-order valence-electron chi connectivity index (χ0n) is 21.0. The van der Waals surface area contributed by atoms with Crippen LogP contribution < -0.4 is 10.5 Å². The largest absolute Gasteiger partial charge is 0.358 e. The van der Waals surface area contributed by atoms with Gasteiger partial charge in [0.05, 0.1) is 10.5 Å². The van der Waals surface area contributed by atoms with Crippen LogP contribution in [0.1, 0.15) is 32.9 Å². The number of nitrogens with zero attached hydrogens (tertiary/aromatic N) is 2. The summed E-state index contributed by atoms with van der Waals surface area (Å²) in [5, 5.41) is 8.06. The van der Waals surface area contributed by atoms with E-state index in [9.17, 15) is 18.0 Å². The summed E-state index contributed by atoms with van der Waals surface area (Å²) in [6, 6.07) is 11.9. The van der Waals surface area contributed by atoms with Gasteiger partial charge in [-0.2, -0.15) is 0 Å². The van der Waals surface area contributed by atoms with E-state index in [1.165, 1.54) is 18.2 Å². The van der Waals surface area contributed by atoms with Crippen LogP contribution in [0, 0.1) is 13.8 Å².